The van der Waals surface area contributed by atoms with Gasteiger partial charge in [0, 0.05) is 30.9 Å². The molecular weight excluding hydrogens is 278 g/mol. The first kappa shape index (κ1) is 14.3. The highest BCUT2D eigenvalue weighted by atomic mass is 32.1. The second-order valence-corrected chi connectivity index (χ2v) is 6.59. The Balaban J connectivity index is 1.61. The van der Waals surface area contributed by atoms with E-state index in [0.717, 1.165) is 32.5 Å². The maximum atomic E-state index is 5.79. The minimum Gasteiger partial charge on any atom is -0.375 e. The van der Waals surface area contributed by atoms with E-state index in [9.17, 15) is 0 Å². The molecule has 0 bridgehead atoms. The lowest BCUT2D eigenvalue weighted by atomic mass is 10.1. The minimum atomic E-state index is 0.716. The zero-order chi connectivity index (χ0) is 14.7. The molecule has 0 atom stereocenters. The van der Waals surface area contributed by atoms with Gasteiger partial charge in [0.25, 0.3) is 0 Å². The van der Waals surface area contributed by atoms with Gasteiger partial charge < -0.3 is 5.73 Å². The molecular formula is C17H21N3S. The molecule has 0 spiro atoms. The number of nitrogens with zero attached hydrogens (tertiary/aromatic N) is 2. The van der Waals surface area contributed by atoms with Crippen molar-refractivity contribution in [3.8, 4) is 0 Å². The fourth-order valence-electron chi connectivity index (χ4n) is 2.70. The van der Waals surface area contributed by atoms with Gasteiger partial charge in [-0.2, -0.15) is 0 Å². The number of nitrogen functional groups attached to an aromatic ring is 1. The number of rotatable bonds is 3. The van der Waals surface area contributed by atoms with Gasteiger partial charge in [-0.15, -0.1) is 11.3 Å². The van der Waals surface area contributed by atoms with Crippen molar-refractivity contribution in [3.63, 3.8) is 0 Å². The van der Waals surface area contributed by atoms with E-state index in [1.54, 1.807) is 11.3 Å². The summed E-state index contributed by atoms with van der Waals surface area (Å²) >= 11 is 1.65. The molecule has 0 aliphatic carbocycles. The predicted octanol–water partition coefficient (Wildman–Crippen LogP) is 3.23. The average Bonchev–Trinajstić information content (AvgIpc) is 2.76. The molecule has 1 aromatic carbocycles. The summed E-state index contributed by atoms with van der Waals surface area (Å²) in [6.45, 7) is 5.35. The molecule has 110 valence electrons. The van der Waals surface area contributed by atoms with E-state index in [-0.39, 0.29) is 0 Å². The maximum Gasteiger partial charge on any atom is 0.180 e. The fraction of sp³-hybridized carbons (Fsp3) is 0.353. The van der Waals surface area contributed by atoms with Crippen molar-refractivity contribution in [2.45, 2.75) is 19.8 Å². The number of nitrogens with two attached hydrogens (primary N) is 1. The molecule has 2 N–H and O–H groups in total. The van der Waals surface area contributed by atoms with Crippen molar-refractivity contribution in [2.24, 2.45) is 0 Å². The molecule has 3 rings (SSSR count). The van der Waals surface area contributed by atoms with Crippen LogP contribution in [0.1, 0.15) is 23.1 Å². The lowest BCUT2D eigenvalue weighted by Crippen LogP contribution is -2.26. The summed E-state index contributed by atoms with van der Waals surface area (Å²) in [7, 11) is 0. The van der Waals surface area contributed by atoms with E-state index in [2.05, 4.69) is 53.2 Å². The molecule has 0 saturated heterocycles. The molecule has 4 heteroatoms. The van der Waals surface area contributed by atoms with Crippen molar-refractivity contribution in [3.05, 3.63) is 52.5 Å². The van der Waals surface area contributed by atoms with Crippen LogP contribution >= 0.6 is 11.3 Å². The quantitative estimate of drug-likeness (QED) is 0.946. The van der Waals surface area contributed by atoms with Crippen LogP contribution in [0.5, 0.6) is 0 Å². The summed E-state index contributed by atoms with van der Waals surface area (Å²) in [5.74, 6) is 0. The van der Waals surface area contributed by atoms with Crippen molar-refractivity contribution < 1.29 is 0 Å². The third-order valence-corrected chi connectivity index (χ3v) is 4.99. The van der Waals surface area contributed by atoms with Crippen LogP contribution in [0.4, 0.5) is 5.13 Å². The highest BCUT2D eigenvalue weighted by Gasteiger charge is 2.16. The van der Waals surface area contributed by atoms with Gasteiger partial charge in [0.05, 0.1) is 5.69 Å². The van der Waals surface area contributed by atoms with Crippen molar-refractivity contribution >= 4 is 22.0 Å². The summed E-state index contributed by atoms with van der Waals surface area (Å²) in [4.78, 5) is 8.31. The van der Waals surface area contributed by atoms with Crippen molar-refractivity contribution in [2.75, 3.05) is 25.4 Å². The Morgan fingerprint density at radius 2 is 2.05 bits per heavy atom. The average molecular weight is 299 g/mol. The van der Waals surface area contributed by atoms with Crippen LogP contribution in [0.2, 0.25) is 0 Å². The molecule has 0 unspecified atom stereocenters. The topological polar surface area (TPSA) is 42.2 Å². The molecule has 0 radical (unpaired) electrons. The molecule has 0 amide bonds. The molecule has 2 aromatic rings. The monoisotopic (exact) mass is 299 g/mol. The normalized spacial score (nSPS) is 16.5. The molecule has 1 aliphatic rings. The van der Waals surface area contributed by atoms with Crippen LogP contribution in [-0.2, 0) is 12.8 Å². The van der Waals surface area contributed by atoms with E-state index in [4.69, 9.17) is 5.73 Å². The second-order valence-electron chi connectivity index (χ2n) is 5.48. The van der Waals surface area contributed by atoms with E-state index in [1.807, 2.05) is 0 Å². The highest BCUT2D eigenvalue weighted by molar-refractivity contribution is 7.15. The lowest BCUT2D eigenvalue weighted by Gasteiger charge is -2.18. The summed E-state index contributed by atoms with van der Waals surface area (Å²) in [6.07, 6.45) is 4.42. The van der Waals surface area contributed by atoms with E-state index in [1.165, 1.54) is 21.7 Å². The van der Waals surface area contributed by atoms with E-state index >= 15 is 0 Å². The zero-order valence-corrected chi connectivity index (χ0v) is 13.2. The van der Waals surface area contributed by atoms with Crippen LogP contribution in [0.15, 0.2) is 36.4 Å². The lowest BCUT2D eigenvalue weighted by molar-refractivity contribution is 0.318. The van der Waals surface area contributed by atoms with Crippen LogP contribution < -0.4 is 5.73 Å². The van der Waals surface area contributed by atoms with Gasteiger partial charge in [-0.1, -0.05) is 36.4 Å². The van der Waals surface area contributed by atoms with Crippen LogP contribution in [-0.4, -0.2) is 29.5 Å². The Bertz CT molecular complexity index is 605. The number of aromatic nitrogens is 1. The van der Waals surface area contributed by atoms with Crippen molar-refractivity contribution in [1.82, 2.24) is 9.88 Å². The Labute approximate surface area is 130 Å². The summed E-state index contributed by atoms with van der Waals surface area (Å²) < 4.78 is 0. The molecule has 3 nitrogen and oxygen atoms in total. The number of fused-ring (bicyclic) bond motifs is 1. The van der Waals surface area contributed by atoms with Crippen LogP contribution in [0.25, 0.3) is 5.57 Å². The van der Waals surface area contributed by atoms with Gasteiger partial charge in [0.15, 0.2) is 5.13 Å². The predicted molar refractivity (Wildman–Crippen MR) is 90.5 cm³/mol. The fourth-order valence-corrected chi connectivity index (χ4v) is 3.56. The number of benzene rings is 1. The molecule has 2 heterocycles. The third-order valence-electron chi connectivity index (χ3n) is 4.00. The number of hydrogen-bond acceptors (Lipinski definition) is 4. The second kappa shape index (κ2) is 6.41. The number of hydrogen-bond donors (Lipinski definition) is 1. The SMILES string of the molecule is CC(=CCN1CCc2nc(N)sc2CC1)c1ccccc1. The largest absolute Gasteiger partial charge is 0.375 e. The van der Waals surface area contributed by atoms with Gasteiger partial charge in [-0.3, -0.25) is 4.90 Å². The van der Waals surface area contributed by atoms with Gasteiger partial charge >= 0.3 is 0 Å². The molecule has 0 fully saturated rings. The molecule has 21 heavy (non-hydrogen) atoms. The summed E-state index contributed by atoms with van der Waals surface area (Å²) in [5, 5.41) is 0.716. The zero-order valence-electron chi connectivity index (χ0n) is 12.4. The Morgan fingerprint density at radius 3 is 2.86 bits per heavy atom. The maximum absolute atomic E-state index is 5.79. The molecule has 1 aliphatic heterocycles. The summed E-state index contributed by atoms with van der Waals surface area (Å²) in [6, 6.07) is 10.6. The van der Waals surface area contributed by atoms with Gasteiger partial charge in [-0.25, -0.2) is 4.98 Å². The van der Waals surface area contributed by atoms with Crippen LogP contribution in [0.3, 0.4) is 0 Å². The number of thiazole rings is 1. The smallest absolute Gasteiger partial charge is 0.180 e. The van der Waals surface area contributed by atoms with E-state index < -0.39 is 0 Å². The first-order chi connectivity index (χ1) is 10.2. The van der Waals surface area contributed by atoms with Crippen molar-refractivity contribution in [1.29, 1.82) is 0 Å². The Hall–Kier alpha value is -1.65. The van der Waals surface area contributed by atoms with E-state index in [0.29, 0.717) is 5.13 Å². The third kappa shape index (κ3) is 3.52. The van der Waals surface area contributed by atoms with Crippen LogP contribution in [0, 0.1) is 0 Å². The Kier molecular flexibility index (Phi) is 4.36. The van der Waals surface area contributed by atoms with Gasteiger partial charge in [0.1, 0.15) is 0 Å². The van der Waals surface area contributed by atoms with Gasteiger partial charge in [-0.05, 0) is 24.5 Å². The number of allylic oxidation sites excluding steroid dienone is 1. The number of anilines is 1. The molecule has 0 saturated carbocycles. The minimum absolute atomic E-state index is 0.716. The first-order valence-electron chi connectivity index (χ1n) is 7.41. The molecule has 1 aromatic heterocycles. The standard InChI is InChI=1S/C17H21N3S/c1-13(14-5-3-2-4-6-14)7-10-20-11-8-15-16(9-12-20)21-17(18)19-15/h2-7H,8-12H2,1H3,(H2,18,19). The Morgan fingerprint density at radius 1 is 1.29 bits per heavy atom. The first-order valence-corrected chi connectivity index (χ1v) is 8.22. The van der Waals surface area contributed by atoms with Gasteiger partial charge in [0.2, 0.25) is 0 Å². The highest BCUT2D eigenvalue weighted by Crippen LogP contribution is 2.24. The summed E-state index contributed by atoms with van der Waals surface area (Å²) in [5.41, 5.74) is 9.65.